The Bertz CT molecular complexity index is 504. The van der Waals surface area contributed by atoms with Gasteiger partial charge in [0, 0.05) is 18.8 Å². The summed E-state index contributed by atoms with van der Waals surface area (Å²) in [6.45, 7) is 11.0. The summed E-state index contributed by atoms with van der Waals surface area (Å²) in [4.78, 5) is 7.07. The van der Waals surface area contributed by atoms with Crippen molar-refractivity contribution in [3.63, 3.8) is 0 Å². The Morgan fingerprint density at radius 1 is 1.22 bits per heavy atom. The van der Waals surface area contributed by atoms with Gasteiger partial charge in [0.1, 0.15) is 0 Å². The van der Waals surface area contributed by atoms with E-state index in [9.17, 15) is 0 Å². The van der Waals surface area contributed by atoms with Gasteiger partial charge >= 0.3 is 0 Å². The summed E-state index contributed by atoms with van der Waals surface area (Å²) in [5.41, 5.74) is 8.36. The molecule has 1 aromatic carbocycles. The average Bonchev–Trinajstić information content (AvgIpc) is 2.54. The number of hydrogen-bond donors (Lipinski definition) is 2. The first-order valence-corrected chi connectivity index (χ1v) is 8.94. The third-order valence-corrected chi connectivity index (χ3v) is 4.42. The summed E-state index contributed by atoms with van der Waals surface area (Å²) in [6, 6.07) is 8.38. The van der Waals surface area contributed by atoms with Crippen molar-refractivity contribution in [2.45, 2.75) is 46.0 Å². The summed E-state index contributed by atoms with van der Waals surface area (Å²) in [7, 11) is 0. The van der Waals surface area contributed by atoms with E-state index >= 15 is 0 Å². The Morgan fingerprint density at radius 2 is 1.96 bits per heavy atom. The first kappa shape index (κ1) is 17.8. The maximum Gasteiger partial charge on any atom is 0.193 e. The van der Waals surface area contributed by atoms with Gasteiger partial charge in [0.05, 0.1) is 0 Å². The fourth-order valence-electron chi connectivity index (χ4n) is 3.06. The minimum atomic E-state index is 0.511. The van der Waals surface area contributed by atoms with Crippen molar-refractivity contribution in [3.05, 3.63) is 29.8 Å². The number of aliphatic imine (C=N–C) groups is 1. The van der Waals surface area contributed by atoms with Crippen LogP contribution in [-0.2, 0) is 0 Å². The number of anilines is 1. The molecule has 1 aliphatic heterocycles. The van der Waals surface area contributed by atoms with Crippen LogP contribution in [0.15, 0.2) is 29.3 Å². The number of piperidine rings is 1. The van der Waals surface area contributed by atoms with Crippen LogP contribution in [0.5, 0.6) is 0 Å². The molecule has 0 aromatic heterocycles. The second kappa shape index (κ2) is 8.92. The fourth-order valence-corrected chi connectivity index (χ4v) is 3.06. The van der Waals surface area contributed by atoms with Crippen LogP contribution in [0.4, 0.5) is 5.69 Å². The zero-order valence-corrected chi connectivity index (χ0v) is 14.9. The van der Waals surface area contributed by atoms with Gasteiger partial charge in [0.15, 0.2) is 5.96 Å². The molecular weight excluding hydrogens is 284 g/mol. The Balaban J connectivity index is 1.81. The molecule has 23 heavy (non-hydrogen) atoms. The third-order valence-electron chi connectivity index (χ3n) is 4.42. The maximum absolute atomic E-state index is 6.04. The lowest BCUT2D eigenvalue weighted by Gasteiger charge is -2.28. The van der Waals surface area contributed by atoms with Crippen molar-refractivity contribution >= 4 is 11.6 Å². The van der Waals surface area contributed by atoms with Crippen molar-refractivity contribution in [2.75, 3.05) is 31.5 Å². The Morgan fingerprint density at radius 3 is 2.65 bits per heavy atom. The largest absolute Gasteiger partial charge is 0.370 e. The van der Waals surface area contributed by atoms with Crippen molar-refractivity contribution in [3.8, 4) is 0 Å². The number of rotatable bonds is 6. The molecule has 1 unspecified atom stereocenters. The van der Waals surface area contributed by atoms with Crippen LogP contribution in [0.3, 0.4) is 0 Å². The number of likely N-dealkylation sites (tertiary alicyclic amines) is 1. The number of nitrogens with two attached hydrogens (primary N) is 1. The van der Waals surface area contributed by atoms with Gasteiger partial charge in [0.25, 0.3) is 0 Å². The van der Waals surface area contributed by atoms with Crippen molar-refractivity contribution in [1.82, 2.24) is 4.90 Å². The molecule has 0 amide bonds. The smallest absolute Gasteiger partial charge is 0.193 e. The van der Waals surface area contributed by atoms with E-state index in [0.29, 0.717) is 17.8 Å². The van der Waals surface area contributed by atoms with Gasteiger partial charge in [-0.15, -0.1) is 0 Å². The lowest BCUT2D eigenvalue weighted by Crippen LogP contribution is -2.34. The fraction of sp³-hybridized carbons (Fsp3) is 0.632. The topological polar surface area (TPSA) is 53.6 Å². The molecule has 4 heteroatoms. The second-order valence-electron chi connectivity index (χ2n) is 7.10. The van der Waals surface area contributed by atoms with Gasteiger partial charge in [0.2, 0.25) is 0 Å². The van der Waals surface area contributed by atoms with E-state index in [1.165, 1.54) is 37.9 Å². The van der Waals surface area contributed by atoms with E-state index < -0.39 is 0 Å². The molecule has 4 nitrogen and oxygen atoms in total. The van der Waals surface area contributed by atoms with E-state index in [2.05, 4.69) is 54.2 Å². The molecule has 1 aliphatic rings. The van der Waals surface area contributed by atoms with Gasteiger partial charge in [-0.2, -0.15) is 0 Å². The number of hydrogen-bond acceptors (Lipinski definition) is 2. The molecule has 128 valence electrons. The van der Waals surface area contributed by atoms with E-state index in [1.54, 1.807) is 0 Å². The first-order chi connectivity index (χ1) is 11.0. The van der Waals surface area contributed by atoms with Gasteiger partial charge < -0.3 is 16.0 Å². The molecule has 0 saturated carbocycles. The molecule has 2 rings (SSSR count). The molecule has 0 bridgehead atoms. The normalized spacial score (nSPS) is 18.2. The molecule has 1 fully saturated rings. The highest BCUT2D eigenvalue weighted by Crippen LogP contribution is 2.18. The minimum absolute atomic E-state index is 0.511. The summed E-state index contributed by atoms with van der Waals surface area (Å²) in [5, 5.41) is 3.21. The van der Waals surface area contributed by atoms with Gasteiger partial charge in [-0.1, -0.05) is 39.3 Å². The SMILES string of the molecule is CC(CN=C(N)Nc1cccc(C(C)C)c1)CN1CCCCC1. The predicted molar refractivity (Wildman–Crippen MR) is 100 cm³/mol. The van der Waals surface area contributed by atoms with Crippen molar-refractivity contribution < 1.29 is 0 Å². The molecule has 0 spiro atoms. The lowest BCUT2D eigenvalue weighted by atomic mass is 10.0. The number of benzene rings is 1. The summed E-state index contributed by atoms with van der Waals surface area (Å²) in [5.74, 6) is 1.56. The number of nitrogens with one attached hydrogen (secondary N) is 1. The van der Waals surface area contributed by atoms with E-state index in [0.717, 1.165) is 18.8 Å². The maximum atomic E-state index is 6.04. The zero-order chi connectivity index (χ0) is 16.7. The van der Waals surface area contributed by atoms with Crippen molar-refractivity contribution in [2.24, 2.45) is 16.6 Å². The number of guanidine groups is 1. The van der Waals surface area contributed by atoms with E-state index in [-0.39, 0.29) is 0 Å². The van der Waals surface area contributed by atoms with Crippen LogP contribution >= 0.6 is 0 Å². The van der Waals surface area contributed by atoms with E-state index in [4.69, 9.17) is 5.73 Å². The molecule has 1 heterocycles. The molecule has 3 N–H and O–H groups in total. The highest BCUT2D eigenvalue weighted by Gasteiger charge is 2.13. The molecular formula is C19H32N4. The van der Waals surface area contributed by atoms with Crippen LogP contribution in [0.2, 0.25) is 0 Å². The average molecular weight is 316 g/mol. The minimum Gasteiger partial charge on any atom is -0.370 e. The second-order valence-corrected chi connectivity index (χ2v) is 7.10. The standard InChI is InChI=1S/C19H32N4/c1-15(2)17-8-7-9-18(12-17)22-19(20)21-13-16(3)14-23-10-5-4-6-11-23/h7-9,12,15-16H,4-6,10-11,13-14H2,1-3H3,(H3,20,21,22). The summed E-state index contributed by atoms with van der Waals surface area (Å²) < 4.78 is 0. The van der Waals surface area contributed by atoms with Crippen LogP contribution in [0, 0.1) is 5.92 Å². The molecule has 0 aliphatic carbocycles. The van der Waals surface area contributed by atoms with Crippen LogP contribution in [0.25, 0.3) is 0 Å². The summed E-state index contributed by atoms with van der Waals surface area (Å²) >= 11 is 0. The van der Waals surface area contributed by atoms with Crippen molar-refractivity contribution in [1.29, 1.82) is 0 Å². The lowest BCUT2D eigenvalue weighted by molar-refractivity contribution is 0.203. The van der Waals surface area contributed by atoms with E-state index in [1.807, 2.05) is 6.07 Å². The van der Waals surface area contributed by atoms with Gasteiger partial charge in [-0.25, -0.2) is 0 Å². The molecule has 1 aromatic rings. The van der Waals surface area contributed by atoms with Crippen LogP contribution < -0.4 is 11.1 Å². The van der Waals surface area contributed by atoms with Gasteiger partial charge in [-0.05, 0) is 55.5 Å². The third kappa shape index (κ3) is 6.22. The predicted octanol–water partition coefficient (Wildman–Crippen LogP) is 3.66. The monoisotopic (exact) mass is 316 g/mol. The molecule has 0 radical (unpaired) electrons. The first-order valence-electron chi connectivity index (χ1n) is 8.94. The molecule has 1 atom stereocenters. The Hall–Kier alpha value is -1.55. The quantitative estimate of drug-likeness (QED) is 0.622. The number of nitrogens with zero attached hydrogens (tertiary/aromatic N) is 2. The van der Waals surface area contributed by atoms with Gasteiger partial charge in [-0.3, -0.25) is 4.99 Å². The van der Waals surface area contributed by atoms with Crippen LogP contribution in [0.1, 0.15) is 51.5 Å². The zero-order valence-electron chi connectivity index (χ0n) is 14.9. The summed E-state index contributed by atoms with van der Waals surface area (Å²) in [6.07, 6.45) is 4.06. The highest BCUT2D eigenvalue weighted by atomic mass is 15.1. The Labute approximate surface area is 141 Å². The highest BCUT2D eigenvalue weighted by molar-refractivity contribution is 5.92. The Kier molecular flexibility index (Phi) is 6.90. The molecule has 1 saturated heterocycles. The van der Waals surface area contributed by atoms with Crippen LogP contribution in [-0.4, -0.2) is 37.0 Å².